The molecule has 5 heteroatoms. The molecule has 3 rings (SSSR count). The first-order chi connectivity index (χ1) is 10.6. The van der Waals surface area contributed by atoms with Crippen LogP contribution < -0.4 is 5.32 Å². The first-order valence-electron chi connectivity index (χ1n) is 7.24. The Balaban J connectivity index is 2.18. The molecule has 2 aliphatic heterocycles. The van der Waals surface area contributed by atoms with Crippen LogP contribution in [0.5, 0.6) is 0 Å². The van der Waals surface area contributed by atoms with Gasteiger partial charge in [0.1, 0.15) is 0 Å². The summed E-state index contributed by atoms with van der Waals surface area (Å²) in [5.74, 6) is -0.417. The number of nitrogens with one attached hydrogen (secondary N) is 1. The fourth-order valence-corrected chi connectivity index (χ4v) is 2.88. The van der Waals surface area contributed by atoms with Crippen molar-refractivity contribution < 1.29 is 14.3 Å². The largest absolute Gasteiger partial charge is 0.466 e. The molecule has 22 heavy (non-hydrogen) atoms. The minimum absolute atomic E-state index is 0.180. The smallest absolute Gasteiger partial charge is 0.338 e. The number of esters is 1. The van der Waals surface area contributed by atoms with Gasteiger partial charge in [-0.1, -0.05) is 35.9 Å². The highest BCUT2D eigenvalue weighted by Crippen LogP contribution is 2.34. The van der Waals surface area contributed by atoms with Crippen molar-refractivity contribution in [2.75, 3.05) is 13.7 Å². The van der Waals surface area contributed by atoms with E-state index >= 15 is 0 Å². The number of hydrogen-bond donors (Lipinski definition) is 1. The molecule has 114 valence electrons. The molecular formula is C17H18N2O3. The molecule has 0 aromatic heterocycles. The van der Waals surface area contributed by atoms with Crippen molar-refractivity contribution in [1.29, 1.82) is 0 Å². The molecule has 0 aliphatic carbocycles. The molecule has 1 N–H and O–H groups in total. The number of nitrogens with zero attached hydrogens (tertiary/aromatic N) is 1. The second-order valence-corrected chi connectivity index (χ2v) is 5.48. The van der Waals surface area contributed by atoms with Crippen LogP contribution in [0.25, 0.3) is 0 Å². The molecule has 5 nitrogen and oxygen atoms in total. The highest BCUT2D eigenvalue weighted by molar-refractivity contribution is 5.96. The van der Waals surface area contributed by atoms with Gasteiger partial charge in [0, 0.05) is 6.54 Å². The van der Waals surface area contributed by atoms with Crippen molar-refractivity contribution in [2.24, 2.45) is 0 Å². The zero-order valence-electron chi connectivity index (χ0n) is 12.6. The zero-order valence-corrected chi connectivity index (χ0v) is 12.6. The summed E-state index contributed by atoms with van der Waals surface area (Å²) < 4.78 is 4.96. The third-order valence-corrected chi connectivity index (χ3v) is 4.02. The third-order valence-electron chi connectivity index (χ3n) is 4.02. The predicted molar refractivity (Wildman–Crippen MR) is 81.8 cm³/mol. The summed E-state index contributed by atoms with van der Waals surface area (Å²) in [5.41, 5.74) is 3.13. The topological polar surface area (TPSA) is 58.6 Å². The summed E-state index contributed by atoms with van der Waals surface area (Å²) >= 11 is 0. The lowest BCUT2D eigenvalue weighted by Gasteiger charge is -2.37. The van der Waals surface area contributed by atoms with Gasteiger partial charge in [0.2, 0.25) is 0 Å². The lowest BCUT2D eigenvalue weighted by Crippen LogP contribution is -2.49. The Morgan fingerprint density at radius 2 is 2.05 bits per heavy atom. The van der Waals surface area contributed by atoms with E-state index in [1.54, 1.807) is 4.90 Å². The van der Waals surface area contributed by atoms with Gasteiger partial charge in [-0.15, -0.1) is 0 Å². The fourth-order valence-electron chi connectivity index (χ4n) is 2.88. The molecule has 0 radical (unpaired) electrons. The van der Waals surface area contributed by atoms with Crippen LogP contribution in [0.2, 0.25) is 0 Å². The van der Waals surface area contributed by atoms with E-state index in [2.05, 4.69) is 5.32 Å². The normalized spacial score (nSPS) is 21.0. The lowest BCUT2D eigenvalue weighted by molar-refractivity contribution is -0.136. The number of allylic oxidation sites excluding steroid dienone is 1. The maximum atomic E-state index is 12.4. The molecule has 0 saturated carbocycles. The number of carbonyl (C=O) groups excluding carboxylic acids is 2. The number of ether oxygens (including phenoxy) is 1. The fraction of sp³-hybridized carbons (Fsp3) is 0.294. The number of hydrogen-bond acceptors (Lipinski definition) is 3. The van der Waals surface area contributed by atoms with Crippen LogP contribution in [0, 0.1) is 0 Å². The van der Waals surface area contributed by atoms with E-state index in [1.165, 1.54) is 7.11 Å². The molecule has 1 atom stereocenters. The van der Waals surface area contributed by atoms with Crippen molar-refractivity contribution in [3.8, 4) is 0 Å². The Hall–Kier alpha value is -2.56. The number of urea groups is 1. The molecule has 2 aliphatic rings. The van der Waals surface area contributed by atoms with Crippen molar-refractivity contribution in [1.82, 2.24) is 10.2 Å². The Labute approximate surface area is 129 Å². The van der Waals surface area contributed by atoms with Gasteiger partial charge >= 0.3 is 12.0 Å². The maximum Gasteiger partial charge on any atom is 0.338 e. The van der Waals surface area contributed by atoms with Crippen molar-refractivity contribution in [3.63, 3.8) is 0 Å². The van der Waals surface area contributed by atoms with E-state index in [0.717, 1.165) is 17.6 Å². The highest BCUT2D eigenvalue weighted by Gasteiger charge is 2.38. The monoisotopic (exact) mass is 298 g/mol. The number of amides is 2. The van der Waals surface area contributed by atoms with E-state index in [0.29, 0.717) is 17.8 Å². The molecule has 0 saturated heterocycles. The van der Waals surface area contributed by atoms with Crippen LogP contribution in [0.1, 0.15) is 24.9 Å². The van der Waals surface area contributed by atoms with Gasteiger partial charge in [-0.2, -0.15) is 0 Å². The van der Waals surface area contributed by atoms with Gasteiger partial charge in [-0.3, -0.25) is 4.90 Å². The van der Waals surface area contributed by atoms with Gasteiger partial charge in [0.25, 0.3) is 0 Å². The van der Waals surface area contributed by atoms with Gasteiger partial charge in [-0.25, -0.2) is 9.59 Å². The van der Waals surface area contributed by atoms with Crippen LogP contribution in [0.15, 0.2) is 53.3 Å². The summed E-state index contributed by atoms with van der Waals surface area (Å²) in [6.45, 7) is 2.58. The number of methoxy groups -OCH3 is 1. The second-order valence-electron chi connectivity index (χ2n) is 5.48. The molecule has 0 fully saturated rings. The van der Waals surface area contributed by atoms with E-state index in [4.69, 9.17) is 4.74 Å². The van der Waals surface area contributed by atoms with Crippen LogP contribution >= 0.6 is 0 Å². The summed E-state index contributed by atoms with van der Waals surface area (Å²) in [7, 11) is 1.36. The molecule has 1 aromatic carbocycles. The summed E-state index contributed by atoms with van der Waals surface area (Å²) in [5, 5.41) is 2.91. The van der Waals surface area contributed by atoms with Crippen LogP contribution in [-0.2, 0) is 9.53 Å². The van der Waals surface area contributed by atoms with Gasteiger partial charge in [-0.05, 0) is 25.0 Å². The first-order valence-corrected chi connectivity index (χ1v) is 7.24. The molecular weight excluding hydrogens is 280 g/mol. The van der Waals surface area contributed by atoms with Crippen LogP contribution in [0.4, 0.5) is 4.79 Å². The first kappa shape index (κ1) is 14.4. The zero-order chi connectivity index (χ0) is 15.7. The van der Waals surface area contributed by atoms with E-state index < -0.39 is 12.0 Å². The van der Waals surface area contributed by atoms with E-state index in [1.807, 2.05) is 43.3 Å². The summed E-state index contributed by atoms with van der Waals surface area (Å²) in [4.78, 5) is 26.3. The Bertz CT molecular complexity index is 676. The Morgan fingerprint density at radius 3 is 2.73 bits per heavy atom. The number of carbonyl (C=O) groups is 2. The molecule has 2 heterocycles. The standard InChI is InChI=1S/C17H18N2O3/c1-11-8-9-19-13(10-11)14(16(20)22-2)15(18-17(19)21)12-6-4-3-5-7-12/h3-7,10,15H,8-9H2,1-2H3,(H,18,21). The Kier molecular flexibility index (Phi) is 3.71. The minimum atomic E-state index is -0.491. The van der Waals surface area contributed by atoms with Crippen molar-refractivity contribution in [3.05, 3.63) is 58.8 Å². The van der Waals surface area contributed by atoms with Crippen LogP contribution in [-0.4, -0.2) is 30.6 Å². The molecule has 1 unspecified atom stereocenters. The summed E-state index contributed by atoms with van der Waals surface area (Å²) in [6.07, 6.45) is 2.71. The van der Waals surface area contributed by atoms with Gasteiger partial charge < -0.3 is 10.1 Å². The van der Waals surface area contributed by atoms with Gasteiger partial charge in [0.05, 0.1) is 24.4 Å². The predicted octanol–water partition coefficient (Wildman–Crippen LogP) is 2.53. The molecule has 1 aromatic rings. The van der Waals surface area contributed by atoms with E-state index in [-0.39, 0.29) is 6.03 Å². The number of benzene rings is 1. The molecule has 0 bridgehead atoms. The second kappa shape index (κ2) is 5.67. The molecule has 0 spiro atoms. The number of fused-ring (bicyclic) bond motifs is 1. The average Bonchev–Trinajstić information content (AvgIpc) is 2.54. The lowest BCUT2D eigenvalue weighted by atomic mass is 9.92. The third kappa shape index (κ3) is 2.39. The Morgan fingerprint density at radius 1 is 1.32 bits per heavy atom. The SMILES string of the molecule is COC(=O)C1=C2C=C(C)CCN2C(=O)NC1c1ccccc1. The van der Waals surface area contributed by atoms with Crippen LogP contribution in [0.3, 0.4) is 0 Å². The quantitative estimate of drug-likeness (QED) is 0.854. The van der Waals surface area contributed by atoms with Gasteiger partial charge in [0.15, 0.2) is 0 Å². The highest BCUT2D eigenvalue weighted by atomic mass is 16.5. The average molecular weight is 298 g/mol. The van der Waals surface area contributed by atoms with E-state index in [9.17, 15) is 9.59 Å². The van der Waals surface area contributed by atoms with Crippen molar-refractivity contribution in [2.45, 2.75) is 19.4 Å². The maximum absolute atomic E-state index is 12.4. The summed E-state index contributed by atoms with van der Waals surface area (Å²) in [6, 6.07) is 8.78. The number of rotatable bonds is 2. The molecule has 2 amide bonds. The minimum Gasteiger partial charge on any atom is -0.466 e. The van der Waals surface area contributed by atoms with Crippen molar-refractivity contribution >= 4 is 12.0 Å².